The Balaban J connectivity index is 1.22. The van der Waals surface area contributed by atoms with E-state index in [9.17, 15) is 29.1 Å². The van der Waals surface area contributed by atoms with Gasteiger partial charge in [-0.05, 0) is 85.9 Å². The van der Waals surface area contributed by atoms with E-state index >= 15 is 0 Å². The standard InChI is InChI=1S/C52H58N6O6/c1-33-48(61)56-39(49(62)55-34(2)50(63)64)21-16-30-53-44(59)28-31-57-40-26-24-35-17-12-14-19-37(35)46(40)51(3,4)42(57)22-10-8-7-9-11-23-43-52(5,6)47-38-20-15-13-18-36(38)25-27-41(47)58(43)32-29-45(60)54-33/h7-15,17-20,22-27,33-34,39H,16,21,28-32H2,1-6H3,(H4-,53,54,55,56,59,60,61,62,63,64)/p+1/t33-,34-,39-/m0/s1. The molecule has 0 saturated heterocycles. The summed E-state index contributed by atoms with van der Waals surface area (Å²) in [5.74, 6) is -3.01. The van der Waals surface area contributed by atoms with Crippen LogP contribution in [-0.4, -0.2) is 82.8 Å². The SMILES string of the molecule is C[C@H](NC(=O)[C@@H]1CCCNC(=O)CC[N+]2=C(/C=C/C=C/C=C/C=C3/N(CCC(=O)N[C@@H](C)C(=O)N1)c1ccc4ccccc4c1C3(C)C)C(C)(C)c1c2ccc2ccccc12)C(=O)O. The molecule has 12 heteroatoms. The molecule has 4 aromatic rings. The number of anilines is 1. The van der Waals surface area contributed by atoms with Crippen molar-refractivity contribution in [2.24, 2.45) is 0 Å². The van der Waals surface area contributed by atoms with Gasteiger partial charge in [-0.1, -0.05) is 98.8 Å². The fourth-order valence-electron chi connectivity index (χ4n) is 9.41. The second-order valence-electron chi connectivity index (χ2n) is 17.9. The first-order valence-corrected chi connectivity index (χ1v) is 22.2. The molecule has 12 nitrogen and oxygen atoms in total. The van der Waals surface area contributed by atoms with Crippen molar-refractivity contribution in [1.29, 1.82) is 0 Å². The van der Waals surface area contributed by atoms with Crippen LogP contribution in [0, 0.1) is 0 Å². The van der Waals surface area contributed by atoms with Gasteiger partial charge in [-0.15, -0.1) is 0 Å². The summed E-state index contributed by atoms with van der Waals surface area (Å²) < 4.78 is 2.23. The number of nitrogens with zero attached hydrogens (tertiary/aromatic N) is 2. The lowest BCUT2D eigenvalue weighted by Gasteiger charge is -2.27. The number of nitrogens with one attached hydrogen (secondary N) is 4. The first kappa shape index (κ1) is 45.2. The third kappa shape index (κ3) is 9.27. The Morgan fingerprint density at radius 1 is 0.797 bits per heavy atom. The molecule has 0 unspecified atom stereocenters. The molecule has 0 fully saturated rings. The molecule has 0 spiro atoms. The number of aliphatic carboxylic acids is 1. The van der Waals surface area contributed by atoms with E-state index in [1.807, 2.05) is 48.6 Å². The predicted molar refractivity (Wildman–Crippen MR) is 253 cm³/mol. The molecule has 64 heavy (non-hydrogen) atoms. The maximum absolute atomic E-state index is 13.5. The molecular weight excluding hydrogens is 805 g/mol. The zero-order valence-corrected chi connectivity index (χ0v) is 37.5. The molecule has 3 heterocycles. The average Bonchev–Trinajstić information content (AvgIpc) is 3.62. The Hall–Kier alpha value is -6.82. The van der Waals surface area contributed by atoms with Crippen LogP contribution in [0.5, 0.6) is 0 Å². The maximum atomic E-state index is 13.5. The summed E-state index contributed by atoms with van der Waals surface area (Å²) in [6, 6.07) is 21.8. The van der Waals surface area contributed by atoms with E-state index in [4.69, 9.17) is 0 Å². The summed E-state index contributed by atoms with van der Waals surface area (Å²) in [5.41, 5.74) is 5.77. The van der Waals surface area contributed by atoms with Crippen molar-refractivity contribution in [1.82, 2.24) is 21.3 Å². The molecule has 0 saturated carbocycles. The number of carboxylic acids is 1. The van der Waals surface area contributed by atoms with Crippen LogP contribution in [0.25, 0.3) is 21.5 Å². The molecular formula is C52H59N6O6+. The van der Waals surface area contributed by atoms with Gasteiger partial charge in [0.15, 0.2) is 12.3 Å². The smallest absolute Gasteiger partial charge is 0.325 e. The van der Waals surface area contributed by atoms with E-state index < -0.39 is 41.3 Å². The zero-order valence-electron chi connectivity index (χ0n) is 37.5. The fourth-order valence-corrected chi connectivity index (χ4v) is 9.41. The first-order chi connectivity index (χ1) is 30.6. The summed E-state index contributed by atoms with van der Waals surface area (Å²) in [5, 5.41) is 25.0. The second kappa shape index (κ2) is 18.9. The monoisotopic (exact) mass is 863 g/mol. The minimum atomic E-state index is -1.22. The summed E-state index contributed by atoms with van der Waals surface area (Å²) in [6.07, 6.45) is 15.0. The molecule has 5 N–H and O–H groups in total. The number of hydrogen-bond donors (Lipinski definition) is 5. The van der Waals surface area contributed by atoms with Crippen molar-refractivity contribution in [2.45, 2.75) is 96.2 Å². The van der Waals surface area contributed by atoms with Gasteiger partial charge in [0.25, 0.3) is 0 Å². The second-order valence-corrected chi connectivity index (χ2v) is 17.9. The van der Waals surface area contributed by atoms with Crippen LogP contribution >= 0.6 is 0 Å². The lowest BCUT2D eigenvalue weighted by molar-refractivity contribution is -0.436. The van der Waals surface area contributed by atoms with E-state index in [1.54, 1.807) is 6.92 Å². The predicted octanol–water partition coefficient (Wildman–Crippen LogP) is 6.99. The number of carbonyl (C=O) groups excluding carboxylic acids is 4. The van der Waals surface area contributed by atoms with Gasteiger partial charge >= 0.3 is 5.97 Å². The van der Waals surface area contributed by atoms with Crippen LogP contribution < -0.4 is 26.2 Å². The van der Waals surface area contributed by atoms with Crippen LogP contribution in [0.15, 0.2) is 121 Å². The minimum absolute atomic E-state index is 0.0807. The minimum Gasteiger partial charge on any atom is -0.480 e. The Morgan fingerprint density at radius 3 is 2.17 bits per heavy atom. The van der Waals surface area contributed by atoms with E-state index in [0.717, 1.165) is 38.9 Å². The molecule has 332 valence electrons. The number of rotatable bonds is 3. The molecule has 4 amide bonds. The van der Waals surface area contributed by atoms with Gasteiger partial charge in [-0.25, -0.2) is 0 Å². The number of hydrogen-bond acceptors (Lipinski definition) is 6. The lowest BCUT2D eigenvalue weighted by atomic mass is 9.79. The molecule has 4 aromatic carbocycles. The van der Waals surface area contributed by atoms with Crippen molar-refractivity contribution in [3.05, 3.63) is 132 Å². The van der Waals surface area contributed by atoms with Crippen LogP contribution in [0.2, 0.25) is 0 Å². The number of fused-ring (bicyclic) bond motifs is 9. The zero-order chi connectivity index (χ0) is 45.8. The van der Waals surface area contributed by atoms with Crippen LogP contribution in [0.1, 0.15) is 78.4 Å². The maximum Gasteiger partial charge on any atom is 0.325 e. The van der Waals surface area contributed by atoms with Gasteiger partial charge in [-0.3, -0.25) is 24.0 Å². The third-order valence-electron chi connectivity index (χ3n) is 12.7. The van der Waals surface area contributed by atoms with E-state index in [1.165, 1.54) is 23.4 Å². The number of carbonyl (C=O) groups is 5. The van der Waals surface area contributed by atoms with Crippen LogP contribution in [0.4, 0.5) is 11.4 Å². The summed E-state index contributed by atoms with van der Waals surface area (Å²) in [6.45, 7) is 12.7. The van der Waals surface area contributed by atoms with Crippen molar-refractivity contribution in [3.8, 4) is 0 Å². The number of amides is 4. The van der Waals surface area contributed by atoms with Gasteiger partial charge in [0, 0.05) is 54.0 Å². The highest BCUT2D eigenvalue weighted by molar-refractivity contribution is 6.08. The molecule has 0 aliphatic carbocycles. The van der Waals surface area contributed by atoms with Crippen molar-refractivity contribution < 1.29 is 33.7 Å². The Labute approximate surface area is 374 Å². The Morgan fingerprint density at radius 2 is 1.45 bits per heavy atom. The highest BCUT2D eigenvalue weighted by Gasteiger charge is 2.46. The van der Waals surface area contributed by atoms with Crippen LogP contribution in [-0.2, 0) is 34.8 Å². The average molecular weight is 864 g/mol. The lowest BCUT2D eigenvalue weighted by Crippen LogP contribution is -2.54. The van der Waals surface area contributed by atoms with Gasteiger partial charge < -0.3 is 31.3 Å². The fraction of sp³-hybridized carbons (Fsp3) is 0.346. The Kier molecular flexibility index (Phi) is 13.3. The highest BCUT2D eigenvalue weighted by atomic mass is 16.4. The molecule has 3 aliphatic heterocycles. The Bertz CT molecular complexity index is 2670. The van der Waals surface area contributed by atoms with Gasteiger partial charge in [0.05, 0.1) is 11.8 Å². The van der Waals surface area contributed by atoms with E-state index in [2.05, 4.69) is 125 Å². The molecule has 0 radical (unpaired) electrons. The van der Waals surface area contributed by atoms with Crippen molar-refractivity contribution in [3.63, 3.8) is 0 Å². The normalized spacial score (nSPS) is 23.5. The van der Waals surface area contributed by atoms with Gasteiger partial charge in [0.2, 0.25) is 29.3 Å². The largest absolute Gasteiger partial charge is 0.480 e. The number of benzene rings is 4. The van der Waals surface area contributed by atoms with E-state index in [-0.39, 0.29) is 43.0 Å². The summed E-state index contributed by atoms with van der Waals surface area (Å²) >= 11 is 0. The first-order valence-electron chi connectivity index (χ1n) is 22.2. The van der Waals surface area contributed by atoms with Gasteiger partial charge in [-0.2, -0.15) is 4.58 Å². The quantitative estimate of drug-likeness (QED) is 0.139. The molecule has 0 bridgehead atoms. The molecule has 3 atom stereocenters. The van der Waals surface area contributed by atoms with Crippen molar-refractivity contribution >= 4 is 68.2 Å². The van der Waals surface area contributed by atoms with Crippen molar-refractivity contribution in [2.75, 3.05) is 24.5 Å². The topological polar surface area (TPSA) is 160 Å². The number of allylic oxidation sites excluding steroid dienone is 8. The summed E-state index contributed by atoms with van der Waals surface area (Å²) in [7, 11) is 0. The van der Waals surface area contributed by atoms with Crippen LogP contribution in [0.3, 0.4) is 0 Å². The van der Waals surface area contributed by atoms with Gasteiger partial charge in [0.1, 0.15) is 18.1 Å². The molecule has 7 rings (SSSR count). The number of carboxylic acid groups (broad SMARTS) is 1. The highest BCUT2D eigenvalue weighted by Crippen LogP contribution is 2.51. The molecule has 0 aromatic heterocycles. The third-order valence-corrected chi connectivity index (χ3v) is 12.7. The molecule has 3 aliphatic rings. The summed E-state index contributed by atoms with van der Waals surface area (Å²) in [4.78, 5) is 67.5. The van der Waals surface area contributed by atoms with E-state index in [0.29, 0.717) is 19.5 Å².